The van der Waals surface area contributed by atoms with E-state index in [1.54, 1.807) is 0 Å². The van der Waals surface area contributed by atoms with Crippen LogP contribution in [-0.2, 0) is 10.3 Å². The van der Waals surface area contributed by atoms with Crippen molar-refractivity contribution in [2.45, 2.75) is 44.3 Å². The Morgan fingerprint density at radius 1 is 1.43 bits per heavy atom. The third-order valence-electron chi connectivity index (χ3n) is 3.97. The van der Waals surface area contributed by atoms with Gasteiger partial charge in [0.2, 0.25) is 0 Å². The number of carboxylic acids is 1. The lowest BCUT2D eigenvalue weighted by Gasteiger charge is -2.31. The second-order valence-corrected chi connectivity index (χ2v) is 7.11. The summed E-state index contributed by atoms with van der Waals surface area (Å²) in [6.07, 6.45) is 1.92. The van der Waals surface area contributed by atoms with Gasteiger partial charge in [-0.15, -0.1) is 0 Å². The number of hydrogen-bond acceptors (Lipinski definition) is 3. The van der Waals surface area contributed by atoms with Crippen molar-refractivity contribution in [1.82, 2.24) is 9.55 Å². The van der Waals surface area contributed by atoms with Gasteiger partial charge in [0.15, 0.2) is 5.16 Å². The summed E-state index contributed by atoms with van der Waals surface area (Å²) < 4.78 is 3.20. The number of hydrogen-bond donors (Lipinski definition) is 1. The first-order valence-corrected chi connectivity index (χ1v) is 8.72. The van der Waals surface area contributed by atoms with Crippen LogP contribution in [0.3, 0.4) is 0 Å². The quantitative estimate of drug-likeness (QED) is 0.759. The van der Waals surface area contributed by atoms with E-state index in [-0.39, 0.29) is 11.3 Å². The number of rotatable bonds is 6. The Morgan fingerprint density at radius 2 is 2.10 bits per heavy atom. The molecule has 0 unspecified atom stereocenters. The van der Waals surface area contributed by atoms with Crippen LogP contribution in [-0.4, -0.2) is 26.4 Å². The lowest BCUT2D eigenvalue weighted by atomic mass is 9.95. The van der Waals surface area contributed by atoms with Crippen LogP contribution in [0.4, 0.5) is 0 Å². The van der Waals surface area contributed by atoms with Crippen LogP contribution >= 0.6 is 27.7 Å². The lowest BCUT2D eigenvalue weighted by molar-refractivity contribution is -0.133. The fourth-order valence-electron chi connectivity index (χ4n) is 2.34. The molecule has 6 heteroatoms. The van der Waals surface area contributed by atoms with Crippen molar-refractivity contribution in [2.75, 3.05) is 5.75 Å². The summed E-state index contributed by atoms with van der Waals surface area (Å²) in [6, 6.07) is 5.98. The zero-order chi connectivity index (χ0) is 15.6. The third-order valence-corrected chi connectivity index (χ3v) is 5.39. The van der Waals surface area contributed by atoms with Gasteiger partial charge in [-0.3, -0.25) is 4.79 Å². The molecule has 0 bridgehead atoms. The monoisotopic (exact) mass is 370 g/mol. The van der Waals surface area contributed by atoms with Crippen molar-refractivity contribution in [3.8, 4) is 0 Å². The highest BCUT2D eigenvalue weighted by Crippen LogP contribution is 2.35. The molecule has 0 fully saturated rings. The number of halogens is 1. The zero-order valence-corrected chi connectivity index (χ0v) is 14.8. The summed E-state index contributed by atoms with van der Waals surface area (Å²) in [7, 11) is 0. The molecule has 0 aliphatic heterocycles. The largest absolute Gasteiger partial charge is 0.481 e. The highest BCUT2D eigenvalue weighted by atomic mass is 79.9. The number of carboxylic acid groups (broad SMARTS) is 1. The minimum absolute atomic E-state index is 0.0218. The molecule has 2 aromatic rings. The molecule has 0 aliphatic carbocycles. The van der Waals surface area contributed by atoms with Gasteiger partial charge in [0.25, 0.3) is 0 Å². The Morgan fingerprint density at radius 3 is 2.67 bits per heavy atom. The molecule has 1 N–H and O–H groups in total. The summed E-state index contributed by atoms with van der Waals surface area (Å²) in [5, 5.41) is 9.71. The number of aliphatic carboxylic acids is 1. The van der Waals surface area contributed by atoms with E-state index in [0.717, 1.165) is 33.5 Å². The molecular formula is C15H19BrN2O2S. The van der Waals surface area contributed by atoms with Crippen LogP contribution < -0.4 is 0 Å². The summed E-state index contributed by atoms with van der Waals surface area (Å²) in [4.78, 5) is 15.5. The Labute approximate surface area is 137 Å². The summed E-state index contributed by atoms with van der Waals surface area (Å²) in [6.45, 7) is 6.50. The number of nitrogens with zero attached hydrogens (tertiary/aromatic N) is 2. The molecule has 1 aromatic carbocycles. The summed E-state index contributed by atoms with van der Waals surface area (Å²) in [5.74, 6) is -0.803. The van der Waals surface area contributed by atoms with Crippen molar-refractivity contribution < 1.29 is 9.90 Å². The maximum absolute atomic E-state index is 10.9. The molecule has 2 rings (SSSR count). The van der Waals surface area contributed by atoms with E-state index in [9.17, 15) is 4.79 Å². The fourth-order valence-corrected chi connectivity index (χ4v) is 3.55. The summed E-state index contributed by atoms with van der Waals surface area (Å²) in [5.41, 5.74) is 1.87. The zero-order valence-electron chi connectivity index (χ0n) is 12.4. The maximum atomic E-state index is 10.9. The molecule has 1 aromatic heterocycles. The van der Waals surface area contributed by atoms with Gasteiger partial charge in [-0.25, -0.2) is 4.98 Å². The molecule has 0 spiro atoms. The average Bonchev–Trinajstić information content (AvgIpc) is 2.82. The molecule has 0 saturated carbocycles. The Kier molecular flexibility index (Phi) is 4.99. The maximum Gasteiger partial charge on any atom is 0.313 e. The van der Waals surface area contributed by atoms with Gasteiger partial charge in [-0.1, -0.05) is 41.5 Å². The first kappa shape index (κ1) is 16.4. The molecule has 0 radical (unpaired) electrons. The second kappa shape index (κ2) is 6.40. The van der Waals surface area contributed by atoms with Crippen molar-refractivity contribution >= 4 is 44.7 Å². The molecular weight excluding hydrogens is 352 g/mol. The van der Waals surface area contributed by atoms with Crippen LogP contribution in [0.25, 0.3) is 11.0 Å². The van der Waals surface area contributed by atoms with Crippen molar-refractivity contribution in [2.24, 2.45) is 0 Å². The van der Waals surface area contributed by atoms with E-state index < -0.39 is 5.97 Å². The predicted octanol–water partition coefficient (Wildman–Crippen LogP) is 4.51. The minimum atomic E-state index is -0.825. The standard InChI is InChI=1S/C15H19BrN2O2S/c1-4-15(3,5-2)18-12-8-10(16)6-7-11(12)17-14(18)21-9-13(19)20/h6-8H,4-5,9H2,1-3H3,(H,19,20). The minimum Gasteiger partial charge on any atom is -0.481 e. The van der Waals surface area contributed by atoms with Crippen LogP contribution in [0, 0.1) is 0 Å². The van der Waals surface area contributed by atoms with Gasteiger partial charge < -0.3 is 9.67 Å². The first-order valence-electron chi connectivity index (χ1n) is 6.94. The number of benzene rings is 1. The van der Waals surface area contributed by atoms with Gasteiger partial charge in [0.1, 0.15) is 0 Å². The van der Waals surface area contributed by atoms with Gasteiger partial charge in [0, 0.05) is 10.0 Å². The van der Waals surface area contributed by atoms with E-state index in [1.807, 2.05) is 12.1 Å². The molecule has 21 heavy (non-hydrogen) atoms. The van der Waals surface area contributed by atoms with Gasteiger partial charge in [0.05, 0.1) is 16.8 Å². The molecule has 1 heterocycles. The number of aromatic nitrogens is 2. The first-order chi connectivity index (χ1) is 9.91. The molecule has 0 atom stereocenters. The van der Waals surface area contributed by atoms with E-state index in [1.165, 1.54) is 11.8 Å². The highest BCUT2D eigenvalue weighted by Gasteiger charge is 2.28. The third kappa shape index (κ3) is 3.26. The molecule has 0 amide bonds. The normalized spacial score (nSPS) is 12.0. The van der Waals surface area contributed by atoms with Crippen molar-refractivity contribution in [3.05, 3.63) is 22.7 Å². The van der Waals surface area contributed by atoms with Gasteiger partial charge in [-0.2, -0.15) is 0 Å². The average molecular weight is 371 g/mol. The van der Waals surface area contributed by atoms with Crippen molar-refractivity contribution in [1.29, 1.82) is 0 Å². The summed E-state index contributed by atoms with van der Waals surface area (Å²) >= 11 is 4.79. The lowest BCUT2D eigenvalue weighted by Crippen LogP contribution is -2.29. The van der Waals surface area contributed by atoms with E-state index in [2.05, 4.69) is 52.3 Å². The smallest absolute Gasteiger partial charge is 0.313 e. The van der Waals surface area contributed by atoms with Crippen LogP contribution in [0.5, 0.6) is 0 Å². The van der Waals surface area contributed by atoms with Crippen molar-refractivity contribution in [3.63, 3.8) is 0 Å². The number of thioether (sulfide) groups is 1. The highest BCUT2D eigenvalue weighted by molar-refractivity contribution is 9.10. The Balaban J connectivity index is 2.63. The van der Waals surface area contributed by atoms with E-state index in [0.29, 0.717) is 0 Å². The Bertz CT molecular complexity index is 665. The van der Waals surface area contributed by atoms with E-state index >= 15 is 0 Å². The SMILES string of the molecule is CCC(C)(CC)n1c(SCC(=O)O)nc2ccc(Br)cc21. The topological polar surface area (TPSA) is 55.1 Å². The van der Waals surface area contributed by atoms with E-state index in [4.69, 9.17) is 5.11 Å². The predicted molar refractivity (Wildman–Crippen MR) is 90.0 cm³/mol. The fraction of sp³-hybridized carbons (Fsp3) is 0.467. The van der Waals surface area contributed by atoms with Crippen LogP contribution in [0.2, 0.25) is 0 Å². The molecule has 0 saturated heterocycles. The number of carbonyl (C=O) groups is 1. The number of fused-ring (bicyclic) bond motifs is 1. The van der Waals surface area contributed by atoms with Gasteiger partial charge in [-0.05, 0) is 38.0 Å². The molecule has 4 nitrogen and oxygen atoms in total. The Hall–Kier alpha value is -1.01. The molecule has 114 valence electrons. The van der Waals surface area contributed by atoms with Gasteiger partial charge >= 0.3 is 5.97 Å². The van der Waals surface area contributed by atoms with Crippen LogP contribution in [0.15, 0.2) is 27.8 Å². The second-order valence-electron chi connectivity index (χ2n) is 5.25. The number of imidazole rings is 1. The molecule has 0 aliphatic rings. The van der Waals surface area contributed by atoms with Crippen LogP contribution in [0.1, 0.15) is 33.6 Å².